The lowest BCUT2D eigenvalue weighted by molar-refractivity contribution is 0.478. The van der Waals surface area contributed by atoms with Gasteiger partial charge in [-0.05, 0) is 59.1 Å². The van der Waals surface area contributed by atoms with Crippen LogP contribution in [-0.2, 0) is 0 Å². The van der Waals surface area contributed by atoms with E-state index in [-0.39, 0.29) is 0 Å². The molecule has 0 saturated heterocycles. The van der Waals surface area contributed by atoms with Gasteiger partial charge in [0.05, 0.1) is 5.56 Å². The molecule has 2 aromatic rings. The molecular weight excluding hydrogens is 304 g/mol. The van der Waals surface area contributed by atoms with Crippen molar-refractivity contribution in [1.29, 1.82) is 5.26 Å². The van der Waals surface area contributed by atoms with Crippen LogP contribution in [0.4, 0.5) is 5.69 Å². The monoisotopic (exact) mass is 316 g/mol. The number of hydrogen-bond acceptors (Lipinski definition) is 3. The third-order valence-corrected chi connectivity index (χ3v) is 3.51. The Balaban J connectivity index is 2.34. The topological polar surface area (TPSA) is 59.0 Å². The van der Waals surface area contributed by atoms with Crippen LogP contribution in [-0.4, -0.2) is 0 Å². The molecular formula is C15H13BrN2O. The summed E-state index contributed by atoms with van der Waals surface area (Å²) >= 11 is 3.34. The standard InChI is InChI=1S/C15H13BrN2O/c1-9-5-10(2)15(7-14(9)18)19-12-4-3-11(8-17)13(16)6-12/h3-7H,18H2,1-2H3. The molecule has 2 rings (SSSR count). The molecule has 0 aliphatic heterocycles. The summed E-state index contributed by atoms with van der Waals surface area (Å²) in [7, 11) is 0. The number of nitrogens with zero attached hydrogens (tertiary/aromatic N) is 1. The summed E-state index contributed by atoms with van der Waals surface area (Å²) < 4.78 is 6.52. The summed E-state index contributed by atoms with van der Waals surface area (Å²) in [5.41, 5.74) is 9.22. The van der Waals surface area contributed by atoms with Gasteiger partial charge < -0.3 is 10.5 Å². The molecule has 19 heavy (non-hydrogen) atoms. The van der Waals surface area contributed by atoms with Gasteiger partial charge in [-0.1, -0.05) is 6.07 Å². The van der Waals surface area contributed by atoms with Gasteiger partial charge in [0.25, 0.3) is 0 Å². The Bertz CT molecular complexity index is 675. The summed E-state index contributed by atoms with van der Waals surface area (Å²) in [5, 5.41) is 8.87. The fraction of sp³-hybridized carbons (Fsp3) is 0.133. The predicted octanol–water partition coefficient (Wildman–Crippen LogP) is 4.31. The number of anilines is 1. The van der Waals surface area contributed by atoms with Crippen LogP contribution in [0.15, 0.2) is 34.8 Å². The molecule has 0 radical (unpaired) electrons. The van der Waals surface area contributed by atoms with Crippen molar-refractivity contribution in [2.24, 2.45) is 0 Å². The highest BCUT2D eigenvalue weighted by atomic mass is 79.9. The maximum absolute atomic E-state index is 8.87. The van der Waals surface area contributed by atoms with E-state index in [1.165, 1.54) is 0 Å². The van der Waals surface area contributed by atoms with Crippen molar-refractivity contribution in [3.63, 3.8) is 0 Å². The van der Waals surface area contributed by atoms with E-state index >= 15 is 0 Å². The second-order valence-electron chi connectivity index (χ2n) is 4.33. The maximum Gasteiger partial charge on any atom is 0.132 e. The van der Waals surface area contributed by atoms with E-state index in [4.69, 9.17) is 15.7 Å². The number of hydrogen-bond donors (Lipinski definition) is 1. The lowest BCUT2D eigenvalue weighted by Crippen LogP contribution is -1.94. The first-order valence-electron chi connectivity index (χ1n) is 5.75. The van der Waals surface area contributed by atoms with Crippen molar-refractivity contribution < 1.29 is 4.74 Å². The molecule has 0 atom stereocenters. The zero-order valence-electron chi connectivity index (χ0n) is 10.7. The van der Waals surface area contributed by atoms with Gasteiger partial charge in [0.2, 0.25) is 0 Å². The Morgan fingerprint density at radius 1 is 1.16 bits per heavy atom. The fourth-order valence-electron chi connectivity index (χ4n) is 1.74. The van der Waals surface area contributed by atoms with Crippen molar-refractivity contribution >= 4 is 21.6 Å². The third kappa shape index (κ3) is 2.88. The average molecular weight is 317 g/mol. The summed E-state index contributed by atoms with van der Waals surface area (Å²) in [6.07, 6.45) is 0. The molecule has 2 aromatic carbocycles. The van der Waals surface area contributed by atoms with Gasteiger partial charge in [-0.25, -0.2) is 0 Å². The molecule has 0 bridgehead atoms. The minimum atomic E-state index is 0.576. The fourth-order valence-corrected chi connectivity index (χ4v) is 2.18. The highest BCUT2D eigenvalue weighted by Crippen LogP contribution is 2.31. The molecule has 0 amide bonds. The summed E-state index contributed by atoms with van der Waals surface area (Å²) in [5.74, 6) is 1.39. The molecule has 0 spiro atoms. The first-order chi connectivity index (χ1) is 9.01. The van der Waals surface area contributed by atoms with Gasteiger partial charge in [0.1, 0.15) is 17.6 Å². The molecule has 0 fully saturated rings. The van der Waals surface area contributed by atoms with Crippen molar-refractivity contribution in [3.05, 3.63) is 51.5 Å². The summed E-state index contributed by atoms with van der Waals surface area (Å²) in [4.78, 5) is 0. The van der Waals surface area contributed by atoms with E-state index < -0.39 is 0 Å². The van der Waals surface area contributed by atoms with Crippen LogP contribution in [0.3, 0.4) is 0 Å². The lowest BCUT2D eigenvalue weighted by Gasteiger charge is -2.11. The van der Waals surface area contributed by atoms with E-state index in [1.807, 2.05) is 26.0 Å². The number of ether oxygens (including phenoxy) is 1. The number of aryl methyl sites for hydroxylation is 2. The van der Waals surface area contributed by atoms with Gasteiger partial charge in [0.15, 0.2) is 0 Å². The van der Waals surface area contributed by atoms with E-state index in [0.717, 1.165) is 16.9 Å². The SMILES string of the molecule is Cc1cc(C)c(Oc2ccc(C#N)c(Br)c2)cc1N. The normalized spacial score (nSPS) is 10.0. The van der Waals surface area contributed by atoms with E-state index in [9.17, 15) is 0 Å². The van der Waals surface area contributed by atoms with Gasteiger partial charge in [-0.3, -0.25) is 0 Å². The van der Waals surface area contributed by atoms with Crippen LogP contribution in [0.25, 0.3) is 0 Å². The zero-order chi connectivity index (χ0) is 14.0. The average Bonchev–Trinajstić information content (AvgIpc) is 2.36. The molecule has 2 N–H and O–H groups in total. The molecule has 0 aromatic heterocycles. The van der Waals surface area contributed by atoms with E-state index in [1.54, 1.807) is 18.2 Å². The van der Waals surface area contributed by atoms with Crippen molar-refractivity contribution in [2.45, 2.75) is 13.8 Å². The Morgan fingerprint density at radius 2 is 1.89 bits per heavy atom. The first-order valence-corrected chi connectivity index (χ1v) is 6.55. The van der Waals surface area contributed by atoms with Gasteiger partial charge >= 0.3 is 0 Å². The number of rotatable bonds is 2. The van der Waals surface area contributed by atoms with Crippen LogP contribution < -0.4 is 10.5 Å². The van der Waals surface area contributed by atoms with Crippen LogP contribution in [0, 0.1) is 25.2 Å². The maximum atomic E-state index is 8.87. The zero-order valence-corrected chi connectivity index (χ0v) is 12.3. The third-order valence-electron chi connectivity index (χ3n) is 2.85. The van der Waals surface area contributed by atoms with E-state index in [0.29, 0.717) is 21.5 Å². The Hall–Kier alpha value is -1.99. The molecule has 0 unspecified atom stereocenters. The second-order valence-corrected chi connectivity index (χ2v) is 5.18. The number of halogens is 1. The van der Waals surface area contributed by atoms with Crippen LogP contribution >= 0.6 is 15.9 Å². The smallest absolute Gasteiger partial charge is 0.132 e. The highest BCUT2D eigenvalue weighted by Gasteiger charge is 2.07. The first kappa shape index (κ1) is 13.4. The van der Waals surface area contributed by atoms with Gasteiger partial charge in [-0.2, -0.15) is 5.26 Å². The predicted molar refractivity (Wildman–Crippen MR) is 79.3 cm³/mol. The van der Waals surface area contributed by atoms with E-state index in [2.05, 4.69) is 22.0 Å². The quantitative estimate of drug-likeness (QED) is 0.840. The minimum absolute atomic E-state index is 0.576. The highest BCUT2D eigenvalue weighted by molar-refractivity contribution is 9.10. The van der Waals surface area contributed by atoms with Gasteiger partial charge in [-0.15, -0.1) is 0 Å². The Kier molecular flexibility index (Phi) is 3.77. The van der Waals surface area contributed by atoms with Crippen LogP contribution in [0.1, 0.15) is 16.7 Å². The number of nitrogens with two attached hydrogens (primary N) is 1. The largest absolute Gasteiger partial charge is 0.457 e. The molecule has 0 aliphatic rings. The molecule has 3 nitrogen and oxygen atoms in total. The molecule has 96 valence electrons. The van der Waals surface area contributed by atoms with Gasteiger partial charge in [0, 0.05) is 16.2 Å². The summed E-state index contributed by atoms with van der Waals surface area (Å²) in [6.45, 7) is 3.94. The van der Waals surface area contributed by atoms with Crippen molar-refractivity contribution in [2.75, 3.05) is 5.73 Å². The molecule has 4 heteroatoms. The lowest BCUT2D eigenvalue weighted by atomic mass is 10.1. The second kappa shape index (κ2) is 5.33. The van der Waals surface area contributed by atoms with Crippen molar-refractivity contribution in [3.8, 4) is 17.6 Å². The minimum Gasteiger partial charge on any atom is -0.457 e. The molecule has 0 aliphatic carbocycles. The van der Waals surface area contributed by atoms with Crippen LogP contribution in [0.5, 0.6) is 11.5 Å². The molecule has 0 saturated carbocycles. The molecule has 0 heterocycles. The Labute approximate surface area is 120 Å². The van der Waals surface area contributed by atoms with Crippen molar-refractivity contribution in [1.82, 2.24) is 0 Å². The number of nitriles is 1. The number of benzene rings is 2. The number of nitrogen functional groups attached to an aromatic ring is 1. The Morgan fingerprint density at radius 3 is 2.53 bits per heavy atom. The van der Waals surface area contributed by atoms with Crippen LogP contribution in [0.2, 0.25) is 0 Å². The summed E-state index contributed by atoms with van der Waals surface area (Å²) in [6, 6.07) is 11.1.